The van der Waals surface area contributed by atoms with Crippen LogP contribution in [0.4, 0.5) is 15.9 Å². The molecule has 1 N–H and O–H groups in total. The molecule has 88 valence electrons. The number of anilines is 2. The Morgan fingerprint density at radius 2 is 2.19 bits per heavy atom. The third-order valence-corrected chi connectivity index (χ3v) is 2.89. The summed E-state index contributed by atoms with van der Waals surface area (Å²) in [5, 5.41) is 0. The molecule has 1 aliphatic heterocycles. The van der Waals surface area contributed by atoms with E-state index in [2.05, 4.69) is 4.90 Å². The van der Waals surface area contributed by atoms with Crippen LogP contribution in [-0.4, -0.2) is 25.8 Å². The van der Waals surface area contributed by atoms with Gasteiger partial charge in [-0.15, -0.1) is 4.48 Å². The summed E-state index contributed by atoms with van der Waals surface area (Å²) in [5.74, 6) is 0. The second-order valence-electron chi connectivity index (χ2n) is 3.95. The van der Waals surface area contributed by atoms with Crippen LogP contribution in [0.5, 0.6) is 0 Å². The Morgan fingerprint density at radius 1 is 1.44 bits per heavy atom. The van der Waals surface area contributed by atoms with Gasteiger partial charge in [0.25, 0.3) is 0 Å². The summed E-state index contributed by atoms with van der Waals surface area (Å²) in [6.07, 6.45) is 1.40. The summed E-state index contributed by atoms with van der Waals surface area (Å²) in [5.41, 5.74) is 3.25. The number of nitrogens with one attached hydrogen (secondary N) is 1. The average molecular weight is 224 g/mol. The van der Waals surface area contributed by atoms with E-state index in [-0.39, 0.29) is 0 Å². The van der Waals surface area contributed by atoms with Crippen molar-refractivity contribution in [2.75, 3.05) is 30.1 Å². The molecule has 4 heteroatoms. The van der Waals surface area contributed by atoms with E-state index in [1.54, 1.807) is 17.7 Å². The first kappa shape index (κ1) is 11.2. The van der Waals surface area contributed by atoms with Gasteiger partial charge in [-0.05, 0) is 37.6 Å². The van der Waals surface area contributed by atoms with Crippen molar-refractivity contribution in [1.82, 2.24) is 0 Å². The minimum atomic E-state index is 0.337. The van der Waals surface area contributed by atoms with Crippen molar-refractivity contribution >= 4 is 11.4 Å². The molecule has 1 heterocycles. The zero-order valence-corrected chi connectivity index (χ0v) is 9.45. The van der Waals surface area contributed by atoms with Gasteiger partial charge >= 0.3 is 0 Å². The molecule has 3 nitrogen and oxygen atoms in total. The average Bonchev–Trinajstić information content (AvgIpc) is 2.78. The number of hydrogen-bond donors (Lipinski definition) is 1. The molecule has 1 aromatic rings. The van der Waals surface area contributed by atoms with Gasteiger partial charge in [0.2, 0.25) is 0 Å². The normalized spacial score (nSPS) is 20.1. The first-order valence-electron chi connectivity index (χ1n) is 5.66. The number of halogens is 1. The van der Waals surface area contributed by atoms with Gasteiger partial charge in [0.05, 0.1) is 11.8 Å². The van der Waals surface area contributed by atoms with Crippen molar-refractivity contribution in [3.8, 4) is 0 Å². The second kappa shape index (κ2) is 5.16. The first-order chi connectivity index (χ1) is 7.83. The highest BCUT2D eigenvalue weighted by Gasteiger charge is 2.22. The number of hydrogen-bond acceptors (Lipinski definition) is 3. The predicted molar refractivity (Wildman–Crippen MR) is 63.4 cm³/mol. The molecule has 0 saturated carbocycles. The molecule has 0 spiro atoms. The molecule has 0 radical (unpaired) electrons. The summed E-state index contributed by atoms with van der Waals surface area (Å²) in [4.78, 5) is 2.27. The van der Waals surface area contributed by atoms with Gasteiger partial charge in [0.1, 0.15) is 0 Å². The van der Waals surface area contributed by atoms with Crippen LogP contribution in [0.3, 0.4) is 0 Å². The highest BCUT2D eigenvalue weighted by molar-refractivity contribution is 5.54. The van der Waals surface area contributed by atoms with Crippen molar-refractivity contribution in [3.05, 3.63) is 24.3 Å². The zero-order valence-electron chi connectivity index (χ0n) is 9.45. The van der Waals surface area contributed by atoms with E-state index in [0.29, 0.717) is 11.8 Å². The topological polar surface area (TPSA) is 24.5 Å². The lowest BCUT2D eigenvalue weighted by Gasteiger charge is -2.18. The fourth-order valence-corrected chi connectivity index (χ4v) is 2.07. The molecule has 0 bridgehead atoms. The highest BCUT2D eigenvalue weighted by atomic mass is 19.2. The fourth-order valence-electron chi connectivity index (χ4n) is 2.07. The summed E-state index contributed by atoms with van der Waals surface area (Å²) in [7, 11) is 0. The van der Waals surface area contributed by atoms with Crippen LogP contribution in [0.2, 0.25) is 0 Å². The maximum atomic E-state index is 12.1. The predicted octanol–water partition coefficient (Wildman–Crippen LogP) is 2.60. The molecule has 1 aromatic carbocycles. The zero-order chi connectivity index (χ0) is 11.4. The maximum Gasteiger partial charge on any atom is 0.0766 e. The molecule has 16 heavy (non-hydrogen) atoms. The number of benzene rings is 1. The minimum Gasteiger partial charge on any atom is -0.377 e. The molecule has 0 unspecified atom stereocenters. The van der Waals surface area contributed by atoms with Crippen LogP contribution in [0, 0.1) is 0 Å². The monoisotopic (exact) mass is 224 g/mol. The summed E-state index contributed by atoms with van der Waals surface area (Å²) in [6, 6.07) is 7.33. The van der Waals surface area contributed by atoms with Crippen molar-refractivity contribution in [1.29, 1.82) is 0 Å². The van der Waals surface area contributed by atoms with Crippen molar-refractivity contribution in [3.63, 3.8) is 0 Å². The number of ether oxygens (including phenoxy) is 1. The summed E-state index contributed by atoms with van der Waals surface area (Å²) in [6.45, 7) is 4.72. The van der Waals surface area contributed by atoms with Gasteiger partial charge in [-0.3, -0.25) is 0 Å². The van der Waals surface area contributed by atoms with Crippen LogP contribution in [0.25, 0.3) is 0 Å². The Balaban J connectivity index is 1.97. The molecule has 1 fully saturated rings. The summed E-state index contributed by atoms with van der Waals surface area (Å²) < 4.78 is 17.7. The van der Waals surface area contributed by atoms with Gasteiger partial charge in [0, 0.05) is 25.4 Å². The Kier molecular flexibility index (Phi) is 3.62. The Bertz CT molecular complexity index is 328. The molecule has 0 aromatic heterocycles. The van der Waals surface area contributed by atoms with Crippen molar-refractivity contribution < 1.29 is 9.22 Å². The van der Waals surface area contributed by atoms with Crippen LogP contribution in [-0.2, 0) is 4.74 Å². The molecule has 1 atom stereocenters. The highest BCUT2D eigenvalue weighted by Crippen LogP contribution is 2.23. The lowest BCUT2D eigenvalue weighted by atomic mass is 10.2. The third kappa shape index (κ3) is 2.44. The lowest BCUT2D eigenvalue weighted by Crippen LogP contribution is -2.22. The quantitative estimate of drug-likeness (QED) is 0.796. The van der Waals surface area contributed by atoms with Crippen molar-refractivity contribution in [2.24, 2.45) is 0 Å². The lowest BCUT2D eigenvalue weighted by molar-refractivity contribution is 0.0787. The largest absolute Gasteiger partial charge is 0.377 e. The van der Waals surface area contributed by atoms with Crippen LogP contribution >= 0.6 is 0 Å². The SMILES string of the molecule is CCO[C@H]1CCN(c2ccc(NF)cc2)C1. The van der Waals surface area contributed by atoms with Gasteiger partial charge in [-0.1, -0.05) is 0 Å². The smallest absolute Gasteiger partial charge is 0.0766 e. The first-order valence-corrected chi connectivity index (χ1v) is 5.66. The van der Waals surface area contributed by atoms with Crippen molar-refractivity contribution in [2.45, 2.75) is 19.4 Å². The van der Waals surface area contributed by atoms with E-state index < -0.39 is 0 Å². The van der Waals surface area contributed by atoms with Crippen LogP contribution in [0.1, 0.15) is 13.3 Å². The molecule has 2 rings (SSSR count). The summed E-state index contributed by atoms with van der Waals surface area (Å²) >= 11 is 0. The molecule has 1 saturated heterocycles. The van der Waals surface area contributed by atoms with Gasteiger partial charge in [0.15, 0.2) is 0 Å². The van der Waals surface area contributed by atoms with Crippen LogP contribution in [0.15, 0.2) is 24.3 Å². The Hall–Kier alpha value is -1.29. The van der Waals surface area contributed by atoms with Crippen LogP contribution < -0.4 is 10.4 Å². The standard InChI is InChI=1S/C12H17FN2O/c1-2-16-12-7-8-15(9-12)11-5-3-10(14-13)4-6-11/h3-6,12,14H,2,7-9H2,1H3/t12-/m0/s1. The van der Waals surface area contributed by atoms with E-state index in [9.17, 15) is 4.48 Å². The molecule has 1 aliphatic rings. The van der Waals surface area contributed by atoms with E-state index in [0.717, 1.165) is 31.8 Å². The Morgan fingerprint density at radius 3 is 2.81 bits per heavy atom. The maximum absolute atomic E-state index is 12.1. The van der Waals surface area contributed by atoms with E-state index in [1.165, 1.54) is 0 Å². The van der Waals surface area contributed by atoms with Gasteiger partial charge in [-0.25, -0.2) is 5.54 Å². The molecular formula is C12H17FN2O. The van der Waals surface area contributed by atoms with Gasteiger partial charge < -0.3 is 9.64 Å². The molecule has 0 aliphatic carbocycles. The number of rotatable bonds is 4. The molecular weight excluding hydrogens is 207 g/mol. The van der Waals surface area contributed by atoms with E-state index in [1.807, 2.05) is 19.1 Å². The third-order valence-electron chi connectivity index (χ3n) is 2.89. The fraction of sp³-hybridized carbons (Fsp3) is 0.500. The number of nitrogens with zero attached hydrogens (tertiary/aromatic N) is 1. The Labute approximate surface area is 95.1 Å². The van der Waals surface area contributed by atoms with Gasteiger partial charge in [-0.2, -0.15) is 0 Å². The molecule has 0 amide bonds. The van der Waals surface area contributed by atoms with E-state index in [4.69, 9.17) is 4.74 Å². The van der Waals surface area contributed by atoms with E-state index >= 15 is 0 Å². The second-order valence-corrected chi connectivity index (χ2v) is 3.95. The minimum absolute atomic E-state index is 0.337.